The number of hydrogen-bond donors (Lipinski definition) is 2. The van der Waals surface area contributed by atoms with Gasteiger partial charge in [-0.3, -0.25) is 4.79 Å². The van der Waals surface area contributed by atoms with Gasteiger partial charge in [0.25, 0.3) is 0 Å². The molecule has 4 rings (SSSR count). The lowest BCUT2D eigenvalue weighted by Gasteiger charge is -2.14. The molecule has 0 spiro atoms. The zero-order valence-electron chi connectivity index (χ0n) is 20.4. The third-order valence-electron chi connectivity index (χ3n) is 5.68. The summed E-state index contributed by atoms with van der Waals surface area (Å²) in [4.78, 5) is 19.6. The van der Waals surface area contributed by atoms with E-state index in [1.165, 1.54) is 17.1 Å². The highest BCUT2D eigenvalue weighted by atomic mass is 16.5. The quantitative estimate of drug-likeness (QED) is 0.281. The summed E-state index contributed by atoms with van der Waals surface area (Å²) in [7, 11) is 1.69. The Bertz CT molecular complexity index is 1340. The summed E-state index contributed by atoms with van der Waals surface area (Å²) < 4.78 is 16.9. The van der Waals surface area contributed by atoms with Gasteiger partial charge in [-0.05, 0) is 48.4 Å². The van der Waals surface area contributed by atoms with Crippen LogP contribution in [0.15, 0.2) is 67.0 Å². The number of aliphatic carboxylic acids is 1. The summed E-state index contributed by atoms with van der Waals surface area (Å²) in [6.07, 6.45) is 2.20. The molecule has 0 radical (unpaired) electrons. The number of fused-ring (bicyclic) bond motifs is 1. The largest absolute Gasteiger partial charge is 0.496 e. The molecule has 0 unspecified atom stereocenters. The first-order valence-electron chi connectivity index (χ1n) is 11.8. The van der Waals surface area contributed by atoms with E-state index in [0.717, 1.165) is 29.0 Å². The Balaban J connectivity index is 1.48. The molecule has 8 nitrogen and oxygen atoms in total. The first kappa shape index (κ1) is 24.8. The van der Waals surface area contributed by atoms with Crippen molar-refractivity contribution in [3.05, 3.63) is 72.6 Å². The number of nitrogens with one attached hydrogen (secondary N) is 1. The molecule has 4 aromatic rings. The topological polar surface area (TPSA) is 103 Å². The molecule has 8 heteroatoms. The minimum absolute atomic E-state index is 0.0673. The lowest BCUT2D eigenvalue weighted by Crippen LogP contribution is -2.08. The van der Waals surface area contributed by atoms with Crippen LogP contribution in [0.5, 0.6) is 17.2 Å². The molecular formula is C28H29N3O5. The highest BCUT2D eigenvalue weighted by molar-refractivity contribution is 5.87. The first-order valence-corrected chi connectivity index (χ1v) is 11.8. The molecule has 0 saturated carbocycles. The van der Waals surface area contributed by atoms with Crippen LogP contribution in [0.25, 0.3) is 22.0 Å². The van der Waals surface area contributed by atoms with Gasteiger partial charge in [0.15, 0.2) is 11.5 Å². The van der Waals surface area contributed by atoms with Gasteiger partial charge in [0.05, 0.1) is 32.4 Å². The van der Waals surface area contributed by atoms with Gasteiger partial charge < -0.3 is 24.6 Å². The second-order valence-corrected chi connectivity index (χ2v) is 8.02. The number of ether oxygens (including phenoxy) is 3. The lowest BCUT2D eigenvalue weighted by atomic mass is 10.0. The number of hydrogen-bond acceptors (Lipinski definition) is 7. The Labute approximate surface area is 209 Å². The Morgan fingerprint density at radius 2 is 1.81 bits per heavy atom. The van der Waals surface area contributed by atoms with Crippen LogP contribution in [0, 0.1) is 0 Å². The number of aromatic nitrogens is 2. The highest BCUT2D eigenvalue weighted by Gasteiger charge is 2.11. The number of methoxy groups -OCH3 is 1. The number of nitrogens with zero attached hydrogens (tertiary/aromatic N) is 2. The van der Waals surface area contributed by atoms with E-state index in [9.17, 15) is 4.79 Å². The predicted octanol–water partition coefficient (Wildman–Crippen LogP) is 5.21. The van der Waals surface area contributed by atoms with Crippen molar-refractivity contribution in [1.29, 1.82) is 0 Å². The summed E-state index contributed by atoms with van der Waals surface area (Å²) in [5.74, 6) is 1.70. The van der Waals surface area contributed by atoms with Gasteiger partial charge >= 0.3 is 5.97 Å². The molecule has 186 valence electrons. The monoisotopic (exact) mass is 487 g/mol. The number of rotatable bonds is 12. The van der Waals surface area contributed by atoms with E-state index < -0.39 is 5.97 Å². The van der Waals surface area contributed by atoms with Crippen molar-refractivity contribution in [2.75, 3.05) is 32.2 Å². The summed E-state index contributed by atoms with van der Waals surface area (Å²) in [5.41, 5.74) is 2.72. The van der Waals surface area contributed by atoms with Gasteiger partial charge in [-0.1, -0.05) is 30.3 Å². The normalized spacial score (nSPS) is 10.7. The van der Waals surface area contributed by atoms with Crippen LogP contribution < -0.4 is 19.5 Å². The van der Waals surface area contributed by atoms with Gasteiger partial charge in [0.2, 0.25) is 0 Å². The standard InChI is InChI=1S/C28H29N3O5/c1-3-35-26-16-20(9-11-25(26)36-15-13-28(32)33)23-17-27(31-18-30-23)29-14-12-22-21-7-5-4-6-19(21)8-10-24(22)34-2/h4-11,16-18H,3,12-15H2,1-2H3,(H,32,33)(H,29,30,31). The summed E-state index contributed by atoms with van der Waals surface area (Å²) in [5, 5.41) is 14.6. The maximum absolute atomic E-state index is 10.8. The van der Waals surface area contributed by atoms with Crippen molar-refractivity contribution in [2.24, 2.45) is 0 Å². The van der Waals surface area contributed by atoms with Crippen LogP contribution in [-0.4, -0.2) is 47.9 Å². The lowest BCUT2D eigenvalue weighted by molar-refractivity contribution is -0.137. The second kappa shape index (κ2) is 11.9. The van der Waals surface area contributed by atoms with Gasteiger partial charge in [-0.25, -0.2) is 9.97 Å². The van der Waals surface area contributed by atoms with E-state index in [2.05, 4.69) is 33.5 Å². The molecule has 1 aromatic heterocycles. The fourth-order valence-electron chi connectivity index (χ4n) is 4.00. The van der Waals surface area contributed by atoms with Gasteiger partial charge in [0.1, 0.15) is 17.9 Å². The van der Waals surface area contributed by atoms with Gasteiger partial charge in [-0.2, -0.15) is 0 Å². The molecule has 0 aliphatic rings. The zero-order valence-corrected chi connectivity index (χ0v) is 20.4. The van der Waals surface area contributed by atoms with Gasteiger partial charge in [0, 0.05) is 23.7 Å². The van der Waals surface area contributed by atoms with E-state index >= 15 is 0 Å². The number of carboxylic acid groups (broad SMARTS) is 1. The van der Waals surface area contributed by atoms with Crippen molar-refractivity contribution in [3.8, 4) is 28.5 Å². The Hall–Kier alpha value is -4.33. The number of benzene rings is 3. The Morgan fingerprint density at radius 3 is 2.61 bits per heavy atom. The smallest absolute Gasteiger partial charge is 0.306 e. The Kier molecular flexibility index (Phi) is 8.18. The number of carboxylic acids is 1. The van der Waals surface area contributed by atoms with Crippen molar-refractivity contribution < 1.29 is 24.1 Å². The van der Waals surface area contributed by atoms with Crippen LogP contribution in [0.1, 0.15) is 18.9 Å². The van der Waals surface area contributed by atoms with Crippen LogP contribution in [-0.2, 0) is 11.2 Å². The highest BCUT2D eigenvalue weighted by Crippen LogP contribution is 2.33. The minimum Gasteiger partial charge on any atom is -0.496 e. The third-order valence-corrected chi connectivity index (χ3v) is 5.68. The molecular weight excluding hydrogens is 458 g/mol. The number of anilines is 1. The molecule has 3 aromatic carbocycles. The molecule has 0 amide bonds. The predicted molar refractivity (Wildman–Crippen MR) is 139 cm³/mol. The van der Waals surface area contributed by atoms with Crippen molar-refractivity contribution in [3.63, 3.8) is 0 Å². The van der Waals surface area contributed by atoms with Crippen molar-refractivity contribution in [2.45, 2.75) is 19.8 Å². The van der Waals surface area contributed by atoms with Crippen molar-refractivity contribution in [1.82, 2.24) is 9.97 Å². The van der Waals surface area contributed by atoms with E-state index in [0.29, 0.717) is 30.5 Å². The van der Waals surface area contributed by atoms with Crippen LogP contribution in [0.3, 0.4) is 0 Å². The fraction of sp³-hybridized carbons (Fsp3) is 0.250. The summed E-state index contributed by atoms with van der Waals surface area (Å²) in [6, 6.07) is 19.7. The van der Waals surface area contributed by atoms with E-state index in [4.69, 9.17) is 19.3 Å². The zero-order chi connectivity index (χ0) is 25.3. The number of carbonyl (C=O) groups is 1. The SMILES string of the molecule is CCOc1cc(-c2cc(NCCc3c(OC)ccc4ccccc34)ncn2)ccc1OCCC(=O)O. The average molecular weight is 488 g/mol. The molecule has 0 bridgehead atoms. The third kappa shape index (κ3) is 6.02. The maximum Gasteiger partial charge on any atom is 0.306 e. The molecule has 36 heavy (non-hydrogen) atoms. The van der Waals surface area contributed by atoms with Crippen molar-refractivity contribution >= 4 is 22.6 Å². The van der Waals surface area contributed by atoms with Crippen LogP contribution >= 0.6 is 0 Å². The molecule has 0 atom stereocenters. The van der Waals surface area contributed by atoms with E-state index in [-0.39, 0.29) is 13.0 Å². The van der Waals surface area contributed by atoms with Crippen LogP contribution in [0.4, 0.5) is 5.82 Å². The fourth-order valence-corrected chi connectivity index (χ4v) is 4.00. The van der Waals surface area contributed by atoms with E-state index in [1.54, 1.807) is 13.2 Å². The molecule has 2 N–H and O–H groups in total. The summed E-state index contributed by atoms with van der Waals surface area (Å²) in [6.45, 7) is 3.07. The molecule has 0 aliphatic carbocycles. The van der Waals surface area contributed by atoms with Gasteiger partial charge in [-0.15, -0.1) is 0 Å². The summed E-state index contributed by atoms with van der Waals surface area (Å²) >= 11 is 0. The maximum atomic E-state index is 10.8. The molecule has 0 aliphatic heterocycles. The molecule has 1 heterocycles. The van der Waals surface area contributed by atoms with Crippen LogP contribution in [0.2, 0.25) is 0 Å². The minimum atomic E-state index is -0.913. The molecule has 0 fully saturated rings. The second-order valence-electron chi connectivity index (χ2n) is 8.02. The van der Waals surface area contributed by atoms with E-state index in [1.807, 2.05) is 43.3 Å². The Morgan fingerprint density at radius 1 is 0.972 bits per heavy atom. The molecule has 0 saturated heterocycles. The first-order chi connectivity index (χ1) is 17.6. The average Bonchev–Trinajstić information content (AvgIpc) is 2.89.